The molecule has 0 aromatic heterocycles. The number of carbonyl (C=O) groups excluding carboxylic acids is 3. The van der Waals surface area contributed by atoms with Crippen LogP contribution >= 0.6 is 24.4 Å². The molecule has 0 fully saturated rings. The van der Waals surface area contributed by atoms with Gasteiger partial charge in [0, 0.05) is 18.7 Å². The molecule has 0 saturated carbocycles. The first kappa shape index (κ1) is 32.3. The Bertz CT molecular complexity index is 766. The molecule has 4 unspecified atom stereocenters. The van der Waals surface area contributed by atoms with Crippen molar-refractivity contribution in [2.45, 2.75) is 56.3 Å². The third-order valence-corrected chi connectivity index (χ3v) is 5.63. The third kappa shape index (κ3) is 14.3. The molecule has 0 aliphatic heterocycles. The second kappa shape index (κ2) is 17.7. The molecule has 200 valence electrons. The van der Waals surface area contributed by atoms with Crippen LogP contribution < -0.4 is 33.2 Å². The summed E-state index contributed by atoms with van der Waals surface area (Å²) in [7, 11) is 0. The van der Waals surface area contributed by atoms with Gasteiger partial charge in [-0.05, 0) is 37.7 Å². The number of nitrogens with two attached hydrogens (primary N) is 3. The predicted octanol–water partition coefficient (Wildman–Crippen LogP) is -2.55. The Labute approximate surface area is 213 Å². The van der Waals surface area contributed by atoms with Gasteiger partial charge >= 0.3 is 11.9 Å². The van der Waals surface area contributed by atoms with Crippen LogP contribution in [0.25, 0.3) is 0 Å². The number of guanidine groups is 1. The maximum atomic E-state index is 12.8. The number of aliphatic imine (C=N–C) groups is 1. The zero-order valence-electron chi connectivity index (χ0n) is 19.4. The Balaban J connectivity index is 5.22. The largest absolute Gasteiger partial charge is 0.481 e. The summed E-state index contributed by atoms with van der Waals surface area (Å²) in [5, 5.41) is 25.4. The van der Waals surface area contributed by atoms with Gasteiger partial charge in [-0.25, -0.2) is 4.79 Å². The van der Waals surface area contributed by atoms with Crippen LogP contribution in [0.3, 0.4) is 0 Å². The highest BCUT2D eigenvalue weighted by molar-refractivity contribution is 7.98. The highest BCUT2D eigenvalue weighted by Gasteiger charge is 2.30. The van der Waals surface area contributed by atoms with Gasteiger partial charge in [-0.3, -0.25) is 24.2 Å². The fraction of sp³-hybridized carbons (Fsp3) is 0.684. The minimum absolute atomic E-state index is 0.0241. The maximum absolute atomic E-state index is 12.8. The average molecular weight is 538 g/mol. The van der Waals surface area contributed by atoms with Crippen molar-refractivity contribution in [3.05, 3.63) is 0 Å². The lowest BCUT2D eigenvalue weighted by molar-refractivity contribution is -0.142. The number of thiol groups is 1. The monoisotopic (exact) mass is 537 g/mol. The van der Waals surface area contributed by atoms with Crippen molar-refractivity contribution in [1.29, 1.82) is 0 Å². The average Bonchev–Trinajstić information content (AvgIpc) is 2.79. The molecule has 4 atom stereocenters. The Morgan fingerprint density at radius 2 is 1.49 bits per heavy atom. The number of rotatable bonds is 18. The van der Waals surface area contributed by atoms with Gasteiger partial charge in [0.25, 0.3) is 0 Å². The van der Waals surface area contributed by atoms with E-state index in [0.29, 0.717) is 12.2 Å². The molecule has 0 aliphatic carbocycles. The molecule has 0 radical (unpaired) electrons. The van der Waals surface area contributed by atoms with Crippen LogP contribution in [0.5, 0.6) is 0 Å². The van der Waals surface area contributed by atoms with E-state index in [1.54, 1.807) is 0 Å². The second-order valence-electron chi connectivity index (χ2n) is 7.47. The Morgan fingerprint density at radius 3 is 2.00 bits per heavy atom. The fourth-order valence-corrected chi connectivity index (χ4v) is 3.44. The number of amides is 3. The number of thioether (sulfide) groups is 1. The van der Waals surface area contributed by atoms with Crippen LogP contribution in [0, 0.1) is 0 Å². The molecule has 0 aliphatic rings. The van der Waals surface area contributed by atoms with Crippen molar-refractivity contribution in [1.82, 2.24) is 16.0 Å². The molecule has 11 N–H and O–H groups in total. The lowest BCUT2D eigenvalue weighted by Crippen LogP contribution is -2.57. The fourth-order valence-electron chi connectivity index (χ4n) is 2.69. The van der Waals surface area contributed by atoms with Gasteiger partial charge in [0.15, 0.2) is 5.96 Å². The van der Waals surface area contributed by atoms with Crippen LogP contribution in [0.2, 0.25) is 0 Å². The van der Waals surface area contributed by atoms with Gasteiger partial charge in [-0.2, -0.15) is 24.4 Å². The maximum Gasteiger partial charge on any atom is 0.326 e. The summed E-state index contributed by atoms with van der Waals surface area (Å²) in [5.41, 5.74) is 16.2. The Morgan fingerprint density at radius 1 is 0.914 bits per heavy atom. The van der Waals surface area contributed by atoms with E-state index in [1.807, 2.05) is 6.26 Å². The first-order chi connectivity index (χ1) is 16.4. The van der Waals surface area contributed by atoms with Crippen LogP contribution in [-0.2, 0) is 24.0 Å². The molecule has 0 aromatic carbocycles. The molecule has 3 amide bonds. The summed E-state index contributed by atoms with van der Waals surface area (Å²) < 4.78 is 0. The van der Waals surface area contributed by atoms with Crippen LogP contribution in [0.4, 0.5) is 0 Å². The minimum Gasteiger partial charge on any atom is -0.481 e. The number of carboxylic acids is 2. The molecule has 0 rings (SSSR count). The molecule has 0 bridgehead atoms. The highest BCUT2D eigenvalue weighted by atomic mass is 32.2. The quantitative estimate of drug-likeness (QED) is 0.0381. The number of hydrogen-bond donors (Lipinski definition) is 9. The van der Waals surface area contributed by atoms with Crippen molar-refractivity contribution >= 4 is 60.0 Å². The molecular formula is C19H35N7O7S2. The third-order valence-electron chi connectivity index (χ3n) is 4.63. The van der Waals surface area contributed by atoms with Crippen molar-refractivity contribution in [3.8, 4) is 0 Å². The smallest absolute Gasteiger partial charge is 0.326 e. The predicted molar refractivity (Wildman–Crippen MR) is 135 cm³/mol. The molecule has 0 heterocycles. The van der Waals surface area contributed by atoms with Crippen LogP contribution in [0.15, 0.2) is 4.99 Å². The first-order valence-corrected chi connectivity index (χ1v) is 12.7. The van der Waals surface area contributed by atoms with E-state index < -0.39 is 60.2 Å². The molecule has 0 spiro atoms. The number of hydrogen-bond acceptors (Lipinski definition) is 9. The van der Waals surface area contributed by atoms with E-state index in [-0.39, 0.29) is 37.5 Å². The summed E-state index contributed by atoms with van der Waals surface area (Å²) >= 11 is 5.52. The van der Waals surface area contributed by atoms with E-state index in [9.17, 15) is 29.1 Å². The zero-order chi connectivity index (χ0) is 27.0. The lowest BCUT2D eigenvalue weighted by atomic mass is 10.1. The molecule has 14 nitrogen and oxygen atoms in total. The zero-order valence-corrected chi connectivity index (χ0v) is 21.1. The summed E-state index contributed by atoms with van der Waals surface area (Å²) in [6.07, 6.45) is 1.82. The Hall–Kier alpha value is -2.72. The lowest BCUT2D eigenvalue weighted by Gasteiger charge is -2.24. The van der Waals surface area contributed by atoms with Gasteiger partial charge in [0.05, 0.1) is 6.04 Å². The van der Waals surface area contributed by atoms with Crippen molar-refractivity contribution in [3.63, 3.8) is 0 Å². The van der Waals surface area contributed by atoms with Crippen LogP contribution in [-0.4, -0.2) is 94.3 Å². The van der Waals surface area contributed by atoms with Crippen LogP contribution in [0.1, 0.15) is 32.1 Å². The molecule has 0 saturated heterocycles. The van der Waals surface area contributed by atoms with Gasteiger partial charge in [-0.1, -0.05) is 0 Å². The number of nitrogens with one attached hydrogen (secondary N) is 3. The summed E-state index contributed by atoms with van der Waals surface area (Å²) in [6, 6.07) is -4.70. The van der Waals surface area contributed by atoms with E-state index in [0.717, 1.165) is 0 Å². The van der Waals surface area contributed by atoms with Gasteiger partial charge in [-0.15, -0.1) is 0 Å². The highest BCUT2D eigenvalue weighted by Crippen LogP contribution is 2.05. The van der Waals surface area contributed by atoms with E-state index in [4.69, 9.17) is 22.3 Å². The van der Waals surface area contributed by atoms with Gasteiger partial charge in [0.2, 0.25) is 17.7 Å². The number of carbonyl (C=O) groups is 5. The molecule has 35 heavy (non-hydrogen) atoms. The number of nitrogens with zero attached hydrogens (tertiary/aromatic N) is 1. The summed E-state index contributed by atoms with van der Waals surface area (Å²) in [6.45, 7) is 0.165. The molecule has 0 aromatic rings. The Kier molecular flexibility index (Phi) is 16.3. The minimum atomic E-state index is -1.29. The topological polar surface area (TPSA) is 252 Å². The summed E-state index contributed by atoms with van der Waals surface area (Å²) in [4.78, 5) is 63.9. The molecular weight excluding hydrogens is 502 g/mol. The second-order valence-corrected chi connectivity index (χ2v) is 8.82. The van der Waals surface area contributed by atoms with Gasteiger partial charge < -0.3 is 43.4 Å². The van der Waals surface area contributed by atoms with Gasteiger partial charge in [0.1, 0.15) is 18.1 Å². The first-order valence-electron chi connectivity index (χ1n) is 10.7. The van der Waals surface area contributed by atoms with E-state index in [1.165, 1.54) is 11.8 Å². The number of aliphatic carboxylic acids is 2. The standard InChI is InChI=1S/C19H35N7O7S2/c1-35-8-6-10(20)15(29)24-11(4-5-14(27)28)16(30)26-13(9-34)17(31)25-12(18(32)33)3-2-7-23-19(21)22/h10-13,34H,2-9,20H2,1H3,(H,24,29)(H,25,31)(H,26,30)(H,27,28)(H,32,33)(H4,21,22,23). The SMILES string of the molecule is CSCCC(N)C(=O)NC(CCC(=O)O)C(=O)NC(CS)C(=O)NC(CCCN=C(N)N)C(=O)O. The van der Waals surface area contributed by atoms with E-state index in [2.05, 4.69) is 33.6 Å². The van der Waals surface area contributed by atoms with Crippen molar-refractivity contribution < 1.29 is 34.2 Å². The van der Waals surface area contributed by atoms with Crippen molar-refractivity contribution in [2.75, 3.05) is 24.3 Å². The number of carboxylic acid groups (broad SMARTS) is 2. The summed E-state index contributed by atoms with van der Waals surface area (Å²) in [5.74, 6) is -4.48. The normalized spacial score (nSPS) is 14.0. The molecule has 16 heteroatoms. The van der Waals surface area contributed by atoms with E-state index >= 15 is 0 Å². The van der Waals surface area contributed by atoms with Crippen molar-refractivity contribution in [2.24, 2.45) is 22.2 Å².